The predicted octanol–water partition coefficient (Wildman–Crippen LogP) is 2.86. The quantitative estimate of drug-likeness (QED) is 0.793. The highest BCUT2D eigenvalue weighted by molar-refractivity contribution is 6.35. The molecule has 0 aromatic heterocycles. The summed E-state index contributed by atoms with van der Waals surface area (Å²) >= 11 is 12.1. The van der Waals surface area contributed by atoms with Crippen LogP contribution in [0.5, 0.6) is 0 Å². The van der Waals surface area contributed by atoms with E-state index in [1.54, 1.807) is 6.07 Å². The zero-order chi connectivity index (χ0) is 12.4. The summed E-state index contributed by atoms with van der Waals surface area (Å²) in [5.41, 5.74) is 7.55. The number of hydrogen-bond acceptors (Lipinski definition) is 3. The first-order valence-corrected chi connectivity index (χ1v) is 6.54. The first kappa shape index (κ1) is 13.1. The normalized spacial score (nSPS) is 24.5. The molecule has 1 aromatic carbocycles. The molecule has 2 rings (SSSR count). The zero-order valence-corrected chi connectivity index (χ0v) is 11.4. The molecule has 5 heteroatoms. The maximum absolute atomic E-state index is 6.19. The molecule has 1 aromatic rings. The Morgan fingerprint density at radius 1 is 1.29 bits per heavy atom. The van der Waals surface area contributed by atoms with Crippen LogP contribution in [0, 0.1) is 0 Å². The first-order valence-electron chi connectivity index (χ1n) is 5.78. The Labute approximate surface area is 112 Å². The Balaban J connectivity index is 2.05. The van der Waals surface area contributed by atoms with Crippen LogP contribution >= 0.6 is 23.2 Å². The monoisotopic (exact) mass is 273 g/mol. The fourth-order valence-electron chi connectivity index (χ4n) is 2.06. The molecule has 3 nitrogen and oxygen atoms in total. The summed E-state index contributed by atoms with van der Waals surface area (Å²) < 4.78 is 0. The molecular weight excluding hydrogens is 257 g/mol. The minimum absolute atomic E-state index is 0.219. The lowest BCUT2D eigenvalue weighted by Gasteiger charge is -2.15. The molecule has 0 saturated carbocycles. The topological polar surface area (TPSA) is 36.1 Å². The van der Waals surface area contributed by atoms with Crippen molar-refractivity contribution >= 4 is 23.2 Å². The summed E-state index contributed by atoms with van der Waals surface area (Å²) in [7, 11) is 0. The van der Waals surface area contributed by atoms with Gasteiger partial charge in [0.2, 0.25) is 0 Å². The number of benzene rings is 1. The van der Waals surface area contributed by atoms with Crippen LogP contribution in [-0.2, 0) is 0 Å². The van der Waals surface area contributed by atoms with E-state index in [1.807, 2.05) is 12.1 Å². The first-order chi connectivity index (χ1) is 8.06. The number of rotatable bonds is 3. The van der Waals surface area contributed by atoms with Gasteiger partial charge in [-0.15, -0.1) is 0 Å². The van der Waals surface area contributed by atoms with Gasteiger partial charge in [-0.2, -0.15) is 0 Å². The van der Waals surface area contributed by atoms with E-state index >= 15 is 0 Å². The SMILES string of the molecule is CC(C)NC1CC(c2ccc(Cl)cc2Cl)NN1. The molecule has 0 bridgehead atoms. The van der Waals surface area contributed by atoms with E-state index in [9.17, 15) is 0 Å². The van der Waals surface area contributed by atoms with E-state index in [4.69, 9.17) is 23.2 Å². The zero-order valence-electron chi connectivity index (χ0n) is 9.93. The highest BCUT2D eigenvalue weighted by Crippen LogP contribution is 2.30. The van der Waals surface area contributed by atoms with Gasteiger partial charge in [0.25, 0.3) is 0 Å². The van der Waals surface area contributed by atoms with E-state index in [-0.39, 0.29) is 12.2 Å². The smallest absolute Gasteiger partial charge is 0.0724 e. The second-order valence-corrected chi connectivity index (χ2v) is 5.46. The molecular formula is C12H17Cl2N3. The molecule has 0 aliphatic carbocycles. The van der Waals surface area contributed by atoms with Crippen molar-refractivity contribution in [2.75, 3.05) is 0 Å². The molecule has 1 heterocycles. The van der Waals surface area contributed by atoms with Crippen molar-refractivity contribution in [3.8, 4) is 0 Å². The van der Waals surface area contributed by atoms with E-state index < -0.39 is 0 Å². The molecule has 1 saturated heterocycles. The van der Waals surface area contributed by atoms with Gasteiger partial charge in [0.15, 0.2) is 0 Å². The van der Waals surface area contributed by atoms with E-state index in [1.165, 1.54) is 0 Å². The van der Waals surface area contributed by atoms with Crippen LogP contribution in [0.2, 0.25) is 10.0 Å². The Bertz CT molecular complexity index is 395. The lowest BCUT2D eigenvalue weighted by molar-refractivity contribution is 0.421. The number of halogens is 2. The molecule has 0 radical (unpaired) electrons. The maximum atomic E-state index is 6.19. The molecule has 0 amide bonds. The molecule has 0 spiro atoms. The molecule has 94 valence electrons. The van der Waals surface area contributed by atoms with Gasteiger partial charge in [0, 0.05) is 16.1 Å². The number of hydrazine groups is 1. The van der Waals surface area contributed by atoms with Crippen molar-refractivity contribution in [2.45, 2.75) is 38.5 Å². The van der Waals surface area contributed by atoms with Crippen molar-refractivity contribution in [1.29, 1.82) is 0 Å². The van der Waals surface area contributed by atoms with Crippen LogP contribution in [0.4, 0.5) is 0 Å². The molecule has 17 heavy (non-hydrogen) atoms. The fourth-order valence-corrected chi connectivity index (χ4v) is 2.60. The second-order valence-electron chi connectivity index (χ2n) is 4.62. The van der Waals surface area contributed by atoms with E-state index in [2.05, 4.69) is 30.0 Å². The Hall–Kier alpha value is -0.320. The van der Waals surface area contributed by atoms with Crippen LogP contribution < -0.4 is 16.2 Å². The summed E-state index contributed by atoms with van der Waals surface area (Å²) in [5.74, 6) is 0. The second kappa shape index (κ2) is 5.55. The summed E-state index contributed by atoms with van der Waals surface area (Å²) in [5, 5.41) is 4.81. The van der Waals surface area contributed by atoms with Crippen molar-refractivity contribution in [3.63, 3.8) is 0 Å². The van der Waals surface area contributed by atoms with Gasteiger partial charge in [-0.3, -0.25) is 5.32 Å². The summed E-state index contributed by atoms with van der Waals surface area (Å²) in [4.78, 5) is 0. The molecule has 3 N–H and O–H groups in total. The van der Waals surface area contributed by atoms with Crippen molar-refractivity contribution in [3.05, 3.63) is 33.8 Å². The van der Waals surface area contributed by atoms with Crippen LogP contribution in [0.3, 0.4) is 0 Å². The third-order valence-electron chi connectivity index (χ3n) is 2.78. The highest BCUT2D eigenvalue weighted by atomic mass is 35.5. The molecule has 1 fully saturated rings. The lowest BCUT2D eigenvalue weighted by atomic mass is 10.0. The van der Waals surface area contributed by atoms with Gasteiger partial charge < -0.3 is 0 Å². The minimum atomic E-state index is 0.219. The summed E-state index contributed by atoms with van der Waals surface area (Å²) in [6.07, 6.45) is 1.23. The third kappa shape index (κ3) is 3.33. The van der Waals surface area contributed by atoms with Gasteiger partial charge in [-0.05, 0) is 38.0 Å². The molecule has 1 aliphatic rings. The third-order valence-corrected chi connectivity index (χ3v) is 3.34. The number of nitrogens with one attached hydrogen (secondary N) is 3. The van der Waals surface area contributed by atoms with Gasteiger partial charge in [-0.1, -0.05) is 29.3 Å². The molecule has 2 atom stereocenters. The number of hydrogen-bond donors (Lipinski definition) is 3. The average Bonchev–Trinajstić information content (AvgIpc) is 2.65. The van der Waals surface area contributed by atoms with Gasteiger partial charge >= 0.3 is 0 Å². The molecule has 1 aliphatic heterocycles. The Morgan fingerprint density at radius 2 is 2.06 bits per heavy atom. The van der Waals surface area contributed by atoms with Crippen LogP contribution in [0.15, 0.2) is 18.2 Å². The standard InChI is InChI=1S/C12H17Cl2N3/c1-7(2)15-12-6-11(16-17-12)9-4-3-8(13)5-10(9)14/h3-5,7,11-12,15-17H,6H2,1-2H3. The highest BCUT2D eigenvalue weighted by Gasteiger charge is 2.26. The van der Waals surface area contributed by atoms with E-state index in [0.717, 1.165) is 12.0 Å². The van der Waals surface area contributed by atoms with Gasteiger partial charge in [0.05, 0.1) is 12.2 Å². The largest absolute Gasteiger partial charge is 0.299 e. The summed E-state index contributed by atoms with van der Waals surface area (Å²) in [6, 6.07) is 6.29. The Morgan fingerprint density at radius 3 is 2.71 bits per heavy atom. The van der Waals surface area contributed by atoms with Crippen molar-refractivity contribution < 1.29 is 0 Å². The fraction of sp³-hybridized carbons (Fsp3) is 0.500. The van der Waals surface area contributed by atoms with Gasteiger partial charge in [0.1, 0.15) is 0 Å². The average molecular weight is 274 g/mol. The lowest BCUT2D eigenvalue weighted by Crippen LogP contribution is -2.44. The van der Waals surface area contributed by atoms with Crippen LogP contribution in [-0.4, -0.2) is 12.2 Å². The van der Waals surface area contributed by atoms with Crippen LogP contribution in [0.25, 0.3) is 0 Å². The minimum Gasteiger partial charge on any atom is -0.299 e. The van der Waals surface area contributed by atoms with Crippen LogP contribution in [0.1, 0.15) is 31.9 Å². The maximum Gasteiger partial charge on any atom is 0.0724 e. The summed E-state index contributed by atoms with van der Waals surface area (Å²) in [6.45, 7) is 4.26. The Kier molecular flexibility index (Phi) is 4.28. The van der Waals surface area contributed by atoms with Crippen molar-refractivity contribution in [1.82, 2.24) is 16.2 Å². The van der Waals surface area contributed by atoms with Crippen molar-refractivity contribution in [2.24, 2.45) is 0 Å². The van der Waals surface area contributed by atoms with Gasteiger partial charge in [-0.25, -0.2) is 10.9 Å². The predicted molar refractivity (Wildman–Crippen MR) is 72.2 cm³/mol. The molecule has 2 unspecified atom stereocenters. The van der Waals surface area contributed by atoms with E-state index in [0.29, 0.717) is 16.1 Å².